The Morgan fingerprint density at radius 3 is 2.37 bits per heavy atom. The lowest BCUT2D eigenvalue weighted by Gasteiger charge is -2.28. The first kappa shape index (κ1) is 27.5. The van der Waals surface area contributed by atoms with E-state index in [4.69, 9.17) is 9.47 Å². The highest BCUT2D eigenvalue weighted by Crippen LogP contribution is 2.45. The number of amides is 3. The maximum absolute atomic E-state index is 13.3. The van der Waals surface area contributed by atoms with Crippen molar-refractivity contribution in [2.75, 3.05) is 23.9 Å². The molecular formula is C30H27N3O8. The summed E-state index contributed by atoms with van der Waals surface area (Å²) in [4.78, 5) is 63.1. The summed E-state index contributed by atoms with van der Waals surface area (Å²) in [6.07, 6.45) is 2.08. The molecule has 0 unspecified atom stereocenters. The minimum atomic E-state index is -0.815. The van der Waals surface area contributed by atoms with Crippen LogP contribution in [0.1, 0.15) is 41.1 Å². The first-order chi connectivity index (χ1) is 19.8. The number of carbonyl (C=O) groups is 4. The van der Waals surface area contributed by atoms with Crippen LogP contribution in [0.5, 0.6) is 5.75 Å². The smallest absolute Gasteiger partial charge is 0.338 e. The molecule has 1 N–H and O–H groups in total. The van der Waals surface area contributed by atoms with Crippen molar-refractivity contribution >= 4 is 40.8 Å². The molecule has 3 amide bonds. The Balaban J connectivity index is 1.20. The van der Waals surface area contributed by atoms with Gasteiger partial charge in [0.25, 0.3) is 11.6 Å². The number of ether oxygens (including phenoxy) is 2. The SMILES string of the molecule is COc1ccc([N+](=O)[O-])c(NC(=O)COC(=O)c2ccc(N3C(=O)[C@@H]4CC[C@H](c5ccccc5)C[C@H]4C3=O)cc2)c1. The summed E-state index contributed by atoms with van der Waals surface area (Å²) in [5, 5.41) is 13.6. The number of esters is 1. The molecule has 41 heavy (non-hydrogen) atoms. The molecule has 1 aliphatic heterocycles. The van der Waals surface area contributed by atoms with Gasteiger partial charge in [0.1, 0.15) is 11.4 Å². The van der Waals surface area contributed by atoms with Crippen LogP contribution in [0, 0.1) is 22.0 Å². The van der Waals surface area contributed by atoms with Crippen LogP contribution >= 0.6 is 0 Å². The molecule has 1 saturated carbocycles. The first-order valence-corrected chi connectivity index (χ1v) is 13.1. The van der Waals surface area contributed by atoms with Gasteiger partial charge in [0, 0.05) is 12.1 Å². The van der Waals surface area contributed by atoms with Crippen LogP contribution in [0.4, 0.5) is 17.1 Å². The van der Waals surface area contributed by atoms with E-state index in [-0.39, 0.29) is 46.5 Å². The molecule has 0 spiro atoms. The Labute approximate surface area is 235 Å². The van der Waals surface area contributed by atoms with Crippen molar-refractivity contribution in [3.8, 4) is 5.75 Å². The summed E-state index contributed by atoms with van der Waals surface area (Å²) in [6.45, 7) is -0.690. The van der Waals surface area contributed by atoms with Gasteiger partial charge in [-0.3, -0.25) is 29.4 Å². The second-order valence-corrected chi connectivity index (χ2v) is 9.96. The van der Waals surface area contributed by atoms with Gasteiger partial charge < -0.3 is 14.8 Å². The van der Waals surface area contributed by atoms with Crippen LogP contribution in [0.3, 0.4) is 0 Å². The van der Waals surface area contributed by atoms with Gasteiger partial charge in [-0.1, -0.05) is 30.3 Å². The Morgan fingerprint density at radius 2 is 1.68 bits per heavy atom. The molecule has 1 saturated heterocycles. The van der Waals surface area contributed by atoms with Crippen LogP contribution in [0.25, 0.3) is 0 Å². The quantitative estimate of drug-likeness (QED) is 0.185. The van der Waals surface area contributed by atoms with Crippen LogP contribution in [0.15, 0.2) is 72.8 Å². The van der Waals surface area contributed by atoms with Crippen LogP contribution in [0.2, 0.25) is 0 Å². The van der Waals surface area contributed by atoms with Crippen LogP contribution < -0.4 is 15.0 Å². The molecular weight excluding hydrogens is 530 g/mol. The lowest BCUT2D eigenvalue weighted by atomic mass is 9.73. The highest BCUT2D eigenvalue weighted by atomic mass is 16.6. The summed E-state index contributed by atoms with van der Waals surface area (Å²) in [6, 6.07) is 19.7. The second-order valence-electron chi connectivity index (χ2n) is 9.96. The van der Waals surface area contributed by atoms with Crippen molar-refractivity contribution in [3.63, 3.8) is 0 Å². The number of nitro groups is 1. The van der Waals surface area contributed by atoms with E-state index < -0.39 is 23.4 Å². The predicted octanol–water partition coefficient (Wildman–Crippen LogP) is 4.47. The highest BCUT2D eigenvalue weighted by molar-refractivity contribution is 6.22. The van der Waals surface area contributed by atoms with Crippen molar-refractivity contribution in [2.45, 2.75) is 25.2 Å². The number of nitro benzene ring substituents is 1. The number of hydrogen-bond donors (Lipinski definition) is 1. The predicted molar refractivity (Wildman–Crippen MR) is 148 cm³/mol. The third kappa shape index (κ3) is 5.65. The fourth-order valence-electron chi connectivity index (χ4n) is 5.51. The topological polar surface area (TPSA) is 145 Å². The van der Waals surface area contributed by atoms with Crippen molar-refractivity contribution in [1.29, 1.82) is 0 Å². The van der Waals surface area contributed by atoms with Gasteiger partial charge in [-0.2, -0.15) is 0 Å². The van der Waals surface area contributed by atoms with Crippen LogP contribution in [-0.2, 0) is 19.1 Å². The van der Waals surface area contributed by atoms with Crippen LogP contribution in [-0.4, -0.2) is 42.3 Å². The van der Waals surface area contributed by atoms with Gasteiger partial charge >= 0.3 is 5.97 Å². The molecule has 3 aromatic rings. The summed E-state index contributed by atoms with van der Waals surface area (Å²) >= 11 is 0. The highest BCUT2D eigenvalue weighted by Gasteiger charge is 2.50. The van der Waals surface area contributed by atoms with E-state index in [0.717, 1.165) is 6.42 Å². The van der Waals surface area contributed by atoms with Crippen molar-refractivity contribution in [3.05, 3.63) is 94.0 Å². The number of nitrogens with zero attached hydrogens (tertiary/aromatic N) is 2. The second kappa shape index (κ2) is 11.6. The Morgan fingerprint density at radius 1 is 0.976 bits per heavy atom. The number of anilines is 2. The first-order valence-electron chi connectivity index (χ1n) is 13.1. The molecule has 11 heteroatoms. The summed E-state index contributed by atoms with van der Waals surface area (Å²) in [7, 11) is 1.38. The number of imide groups is 1. The number of carbonyl (C=O) groups excluding carboxylic acids is 4. The zero-order chi connectivity index (χ0) is 29.1. The number of methoxy groups -OCH3 is 1. The molecule has 1 heterocycles. The maximum Gasteiger partial charge on any atom is 0.338 e. The number of hydrogen-bond acceptors (Lipinski definition) is 8. The molecule has 3 aromatic carbocycles. The fraction of sp³-hybridized carbons (Fsp3) is 0.267. The summed E-state index contributed by atoms with van der Waals surface area (Å²) in [5.74, 6) is -2.28. The van der Waals surface area contributed by atoms with E-state index in [1.807, 2.05) is 30.3 Å². The molecule has 11 nitrogen and oxygen atoms in total. The number of fused-ring (bicyclic) bond motifs is 1. The fourth-order valence-corrected chi connectivity index (χ4v) is 5.51. The normalized spacial score (nSPS) is 19.8. The molecule has 210 valence electrons. The molecule has 5 rings (SSSR count). The van der Waals surface area contributed by atoms with Gasteiger partial charge in [0.15, 0.2) is 6.61 Å². The molecule has 1 aliphatic carbocycles. The van der Waals surface area contributed by atoms with Crippen molar-refractivity contribution in [1.82, 2.24) is 0 Å². The van der Waals surface area contributed by atoms with E-state index in [0.29, 0.717) is 24.3 Å². The molecule has 2 aliphatic rings. The lowest BCUT2D eigenvalue weighted by Crippen LogP contribution is -2.30. The minimum absolute atomic E-state index is 0.102. The lowest BCUT2D eigenvalue weighted by molar-refractivity contribution is -0.383. The zero-order valence-electron chi connectivity index (χ0n) is 22.1. The van der Waals surface area contributed by atoms with Crippen molar-refractivity contribution < 1.29 is 33.6 Å². The third-order valence-electron chi connectivity index (χ3n) is 7.57. The molecule has 2 fully saturated rings. The van der Waals surface area contributed by atoms with Crippen molar-refractivity contribution in [2.24, 2.45) is 11.8 Å². The summed E-state index contributed by atoms with van der Waals surface area (Å²) in [5.41, 5.74) is 1.20. The average Bonchev–Trinajstić information content (AvgIpc) is 3.24. The van der Waals surface area contributed by atoms with E-state index >= 15 is 0 Å². The van der Waals surface area contributed by atoms with E-state index in [9.17, 15) is 29.3 Å². The standard InChI is InChI=1S/C30H27N3O8/c1-40-22-12-14-26(33(38)39)25(16-22)31-27(34)17-41-30(37)19-7-10-21(11-8-19)32-28(35)23-13-9-20(15-24(23)29(32)36)18-5-3-2-4-6-18/h2-8,10-12,14,16,20,23-24H,9,13,15,17H2,1H3,(H,31,34)/t20-,23+,24+/m0/s1. The minimum Gasteiger partial charge on any atom is -0.497 e. The molecule has 3 atom stereocenters. The third-order valence-corrected chi connectivity index (χ3v) is 7.57. The number of rotatable bonds is 8. The molecule has 0 radical (unpaired) electrons. The Bertz CT molecular complexity index is 1510. The Hall–Kier alpha value is -5.06. The zero-order valence-corrected chi connectivity index (χ0v) is 22.1. The monoisotopic (exact) mass is 557 g/mol. The largest absolute Gasteiger partial charge is 0.497 e. The number of benzene rings is 3. The molecule has 0 bridgehead atoms. The van der Waals surface area contributed by atoms with Gasteiger partial charge in [-0.05, 0) is 61.1 Å². The van der Waals surface area contributed by atoms with Gasteiger partial charge in [-0.15, -0.1) is 0 Å². The van der Waals surface area contributed by atoms with E-state index in [1.54, 1.807) is 0 Å². The van der Waals surface area contributed by atoms with Gasteiger partial charge in [-0.25, -0.2) is 4.79 Å². The van der Waals surface area contributed by atoms with E-state index in [2.05, 4.69) is 5.32 Å². The Kier molecular flexibility index (Phi) is 7.77. The van der Waals surface area contributed by atoms with Gasteiger partial charge in [0.2, 0.25) is 11.8 Å². The van der Waals surface area contributed by atoms with E-state index in [1.165, 1.54) is 60.0 Å². The number of nitrogens with one attached hydrogen (secondary N) is 1. The maximum atomic E-state index is 13.3. The summed E-state index contributed by atoms with van der Waals surface area (Å²) < 4.78 is 10.1. The average molecular weight is 558 g/mol. The molecule has 0 aromatic heterocycles. The van der Waals surface area contributed by atoms with Gasteiger partial charge in [0.05, 0.1) is 35.1 Å².